The lowest BCUT2D eigenvalue weighted by molar-refractivity contribution is 0.0593. The van der Waals surface area contributed by atoms with Crippen LogP contribution in [0.25, 0.3) is 0 Å². The Morgan fingerprint density at radius 1 is 1.17 bits per heavy atom. The van der Waals surface area contributed by atoms with Crippen molar-refractivity contribution in [1.29, 1.82) is 0 Å². The normalized spacial score (nSPS) is 25.0. The van der Waals surface area contributed by atoms with Gasteiger partial charge in [-0.05, 0) is 67.8 Å². The molecule has 5 nitrogen and oxygen atoms in total. The van der Waals surface area contributed by atoms with Crippen LogP contribution >= 0.6 is 23.2 Å². The van der Waals surface area contributed by atoms with Crippen molar-refractivity contribution in [3.8, 4) is 5.75 Å². The molecule has 0 amide bonds. The van der Waals surface area contributed by atoms with Crippen LogP contribution in [0, 0.1) is 0 Å². The lowest BCUT2D eigenvalue weighted by atomic mass is 10.0. The van der Waals surface area contributed by atoms with E-state index in [1.54, 1.807) is 30.3 Å². The molecule has 0 radical (unpaired) electrons. The van der Waals surface area contributed by atoms with Crippen molar-refractivity contribution in [1.82, 2.24) is 4.90 Å². The first kappa shape index (κ1) is 20.9. The summed E-state index contributed by atoms with van der Waals surface area (Å²) in [4.78, 5) is 2.65. The first-order valence-electron chi connectivity index (χ1n) is 9.66. The highest BCUT2D eigenvalue weighted by atomic mass is 35.5. The summed E-state index contributed by atoms with van der Waals surface area (Å²) in [6, 6.07) is 10.5. The van der Waals surface area contributed by atoms with Gasteiger partial charge in [0.1, 0.15) is 11.9 Å². The van der Waals surface area contributed by atoms with Crippen molar-refractivity contribution in [3.63, 3.8) is 0 Å². The molecule has 0 bridgehead atoms. The van der Waals surface area contributed by atoms with Crippen molar-refractivity contribution in [3.05, 3.63) is 57.6 Å². The van der Waals surface area contributed by atoms with Crippen LogP contribution in [0.1, 0.15) is 30.1 Å². The van der Waals surface area contributed by atoms with Gasteiger partial charge in [-0.15, -0.1) is 0 Å². The molecule has 2 aliphatic rings. The zero-order valence-corrected chi connectivity index (χ0v) is 18.5. The van der Waals surface area contributed by atoms with Crippen molar-refractivity contribution >= 4 is 33.0 Å². The summed E-state index contributed by atoms with van der Waals surface area (Å²) in [7, 11) is -3.25. The molecular formula is C21H24Cl2N2O3S. The number of nitrogens with zero attached hydrogens (tertiary/aromatic N) is 1. The van der Waals surface area contributed by atoms with Crippen molar-refractivity contribution in [2.24, 2.45) is 5.73 Å². The fraction of sp³-hybridized carbons (Fsp3) is 0.429. The zero-order chi connectivity index (χ0) is 20.8. The number of nitrogens with two attached hydrogens (primary N) is 1. The van der Waals surface area contributed by atoms with Gasteiger partial charge in [0, 0.05) is 34.5 Å². The van der Waals surface area contributed by atoms with E-state index in [1.807, 2.05) is 6.07 Å². The van der Waals surface area contributed by atoms with Crippen LogP contribution in [0.5, 0.6) is 5.75 Å². The monoisotopic (exact) mass is 454 g/mol. The van der Waals surface area contributed by atoms with E-state index in [4.69, 9.17) is 33.7 Å². The van der Waals surface area contributed by atoms with Crippen LogP contribution in [-0.2, 0) is 16.3 Å². The molecule has 2 N–H and O–H groups in total. The number of rotatable bonds is 4. The van der Waals surface area contributed by atoms with Gasteiger partial charge < -0.3 is 10.5 Å². The first-order chi connectivity index (χ1) is 13.7. The molecular weight excluding hydrogens is 431 g/mol. The van der Waals surface area contributed by atoms with E-state index in [0.717, 1.165) is 43.5 Å². The molecule has 0 aromatic heterocycles. The van der Waals surface area contributed by atoms with Gasteiger partial charge in [0.25, 0.3) is 0 Å². The third-order valence-electron chi connectivity index (χ3n) is 5.74. The van der Waals surface area contributed by atoms with Gasteiger partial charge in [-0.3, -0.25) is 4.90 Å². The van der Waals surface area contributed by atoms with E-state index >= 15 is 0 Å². The van der Waals surface area contributed by atoms with Crippen LogP contribution in [0.4, 0.5) is 0 Å². The van der Waals surface area contributed by atoms with Crippen molar-refractivity contribution < 1.29 is 13.2 Å². The van der Waals surface area contributed by atoms with Gasteiger partial charge in [0.2, 0.25) is 0 Å². The second-order valence-electron chi connectivity index (χ2n) is 7.91. The first-order valence-corrected chi connectivity index (χ1v) is 12.3. The average molecular weight is 455 g/mol. The summed E-state index contributed by atoms with van der Waals surface area (Å²) in [6.45, 7) is 1.78. The molecule has 1 aliphatic carbocycles. The summed E-state index contributed by atoms with van der Waals surface area (Å²) >= 11 is 12.8. The van der Waals surface area contributed by atoms with Crippen LogP contribution < -0.4 is 10.5 Å². The van der Waals surface area contributed by atoms with Crippen molar-refractivity contribution in [2.75, 3.05) is 19.3 Å². The third-order valence-corrected chi connectivity index (χ3v) is 7.42. The SMILES string of the molecule is CS(=O)(=O)c1ccc(O[C@H]2c3cc(Cl)cc(Cl)c3C[C@@H]2N2CCC[C@@H](N)C2)cc1. The van der Waals surface area contributed by atoms with E-state index < -0.39 is 9.84 Å². The molecule has 1 fully saturated rings. The van der Waals surface area contributed by atoms with Crippen LogP contribution in [0.3, 0.4) is 0 Å². The van der Waals surface area contributed by atoms with Crippen LogP contribution in [-0.4, -0.2) is 44.7 Å². The Balaban J connectivity index is 1.67. The molecule has 2 aromatic carbocycles. The fourth-order valence-electron chi connectivity index (χ4n) is 4.33. The molecule has 1 saturated heterocycles. The third kappa shape index (κ3) is 4.42. The number of benzene rings is 2. The minimum atomic E-state index is -3.25. The maximum absolute atomic E-state index is 11.7. The van der Waals surface area contributed by atoms with E-state index in [2.05, 4.69) is 4.90 Å². The lowest BCUT2D eigenvalue weighted by Crippen LogP contribution is -2.49. The number of likely N-dealkylation sites (tertiary alicyclic amines) is 1. The summed E-state index contributed by atoms with van der Waals surface area (Å²) < 4.78 is 29.8. The minimum absolute atomic E-state index is 0.0990. The molecule has 156 valence electrons. The molecule has 2 aromatic rings. The number of halogens is 2. The Labute approximate surface area is 181 Å². The number of sulfone groups is 1. The van der Waals surface area contributed by atoms with Crippen LogP contribution in [0.15, 0.2) is 41.3 Å². The predicted molar refractivity (Wildman–Crippen MR) is 116 cm³/mol. The lowest BCUT2D eigenvalue weighted by Gasteiger charge is -2.38. The Morgan fingerprint density at radius 2 is 1.90 bits per heavy atom. The maximum atomic E-state index is 11.7. The Hall–Kier alpha value is -1.31. The molecule has 1 aliphatic heterocycles. The number of fused-ring (bicyclic) bond motifs is 1. The predicted octanol–water partition coefficient (Wildman–Crippen LogP) is 3.86. The molecule has 4 rings (SSSR count). The quantitative estimate of drug-likeness (QED) is 0.758. The summed E-state index contributed by atoms with van der Waals surface area (Å²) in [5, 5.41) is 1.23. The van der Waals surface area contributed by atoms with Gasteiger partial charge in [0.05, 0.1) is 10.9 Å². The van der Waals surface area contributed by atoms with Gasteiger partial charge in [-0.2, -0.15) is 0 Å². The molecule has 29 heavy (non-hydrogen) atoms. The van der Waals surface area contributed by atoms with Gasteiger partial charge in [-0.25, -0.2) is 8.42 Å². The molecule has 8 heteroatoms. The average Bonchev–Trinajstić information content (AvgIpc) is 3.00. The standard InChI is InChI=1S/C21H24Cl2N2O3S/c1-29(26,27)16-6-4-15(5-7-16)28-21-18-9-13(22)10-19(23)17(18)11-20(21)25-8-2-3-14(24)12-25/h4-7,9-10,14,20-21H,2-3,8,11-12,24H2,1H3/t14-,20+,21+/m1/s1. The van der Waals surface area contributed by atoms with E-state index in [1.165, 1.54) is 6.26 Å². The molecule has 0 saturated carbocycles. The number of hydrogen-bond acceptors (Lipinski definition) is 5. The van der Waals surface area contributed by atoms with Crippen LogP contribution in [0.2, 0.25) is 10.0 Å². The molecule has 1 heterocycles. The summed E-state index contributed by atoms with van der Waals surface area (Å²) in [6.07, 6.45) is 3.79. The number of piperidine rings is 1. The molecule has 3 atom stereocenters. The summed E-state index contributed by atoms with van der Waals surface area (Å²) in [5.41, 5.74) is 8.26. The van der Waals surface area contributed by atoms with E-state index in [9.17, 15) is 8.42 Å². The number of ether oxygens (including phenoxy) is 1. The van der Waals surface area contributed by atoms with E-state index in [-0.39, 0.29) is 23.1 Å². The summed E-state index contributed by atoms with van der Waals surface area (Å²) in [5.74, 6) is 0.609. The zero-order valence-electron chi connectivity index (χ0n) is 16.1. The van der Waals surface area contributed by atoms with E-state index in [0.29, 0.717) is 15.8 Å². The van der Waals surface area contributed by atoms with Gasteiger partial charge >= 0.3 is 0 Å². The second-order valence-corrected chi connectivity index (χ2v) is 10.8. The molecule has 0 unspecified atom stereocenters. The topological polar surface area (TPSA) is 72.6 Å². The maximum Gasteiger partial charge on any atom is 0.175 e. The Bertz CT molecular complexity index is 1010. The second kappa shape index (κ2) is 8.08. The molecule has 0 spiro atoms. The fourth-order valence-corrected chi connectivity index (χ4v) is 5.55. The Morgan fingerprint density at radius 3 is 2.55 bits per heavy atom. The highest BCUT2D eigenvalue weighted by molar-refractivity contribution is 7.90. The largest absolute Gasteiger partial charge is 0.484 e. The highest BCUT2D eigenvalue weighted by Crippen LogP contribution is 2.43. The van der Waals surface area contributed by atoms with Crippen molar-refractivity contribution in [2.45, 2.75) is 42.3 Å². The van der Waals surface area contributed by atoms with Gasteiger partial charge in [-0.1, -0.05) is 23.2 Å². The van der Waals surface area contributed by atoms with Gasteiger partial charge in [0.15, 0.2) is 9.84 Å². The Kier molecular flexibility index (Phi) is 5.84. The number of hydrogen-bond donors (Lipinski definition) is 1. The highest BCUT2D eigenvalue weighted by Gasteiger charge is 2.40. The smallest absolute Gasteiger partial charge is 0.175 e. The minimum Gasteiger partial charge on any atom is -0.484 e.